The zero-order valence-electron chi connectivity index (χ0n) is 34.1. The van der Waals surface area contributed by atoms with Gasteiger partial charge >= 0.3 is 31.0 Å². The first kappa shape index (κ1) is 47.0. The summed E-state index contributed by atoms with van der Waals surface area (Å²) in [5, 5.41) is 26.3. The monoisotopic (exact) mass is 803 g/mol. The number of aliphatic hydroxyl groups is 1. The van der Waals surface area contributed by atoms with Gasteiger partial charge in [0.05, 0.1) is 81.2 Å². The molecule has 0 aromatic heterocycles. The van der Waals surface area contributed by atoms with Crippen LogP contribution in [0, 0.1) is 11.6 Å². The Morgan fingerprint density at radius 3 is 1.57 bits per heavy atom. The first-order valence-electron chi connectivity index (χ1n) is 18.0. The van der Waals surface area contributed by atoms with Crippen molar-refractivity contribution in [1.29, 1.82) is 0 Å². The standard InChI is InChI=1S/C18H24FN5O4.C18H22FN5O4.B.Li.H/c2*1-12(25)9-23-6-5-22(11-21-23)17-4-3-14(7-16(17)19)24-10-15(28-18(24)27)8-20-13(2)26;;;/h3-4,7,11-12,15,25H,5-6,8-10H2,1-2H3,(H,20,26);3-4,7,11,15H,5-6,8-10H2,1-2H3,(H,20,26);;;/q;;;+1;-1/t12?,15-;15-;;;/m00.../s1. The molecule has 0 bridgehead atoms. The van der Waals surface area contributed by atoms with Crippen molar-refractivity contribution in [2.24, 2.45) is 10.2 Å². The molecule has 3 atom stereocenters. The van der Waals surface area contributed by atoms with E-state index in [9.17, 15) is 37.9 Å². The maximum Gasteiger partial charge on any atom is 1.00 e. The number of amides is 4. The fourth-order valence-electron chi connectivity index (χ4n) is 6.12. The number of nitrogens with zero attached hydrogens (tertiary/aromatic N) is 8. The number of cyclic esters (lactones) is 2. The van der Waals surface area contributed by atoms with Gasteiger partial charge in [0.15, 0.2) is 5.78 Å². The molecule has 2 fully saturated rings. The number of Topliss-reactive ketones (excluding diaryl/α,β-unsaturated/α-hetero) is 1. The largest absolute Gasteiger partial charge is 1.00 e. The van der Waals surface area contributed by atoms with Gasteiger partial charge < -0.3 is 36.4 Å². The number of rotatable bonds is 12. The molecule has 0 saturated carbocycles. The third-order valence-electron chi connectivity index (χ3n) is 8.80. The minimum absolute atomic E-state index is 0. The van der Waals surface area contributed by atoms with Gasteiger partial charge in [0.25, 0.3) is 0 Å². The van der Waals surface area contributed by atoms with Crippen LogP contribution in [-0.2, 0) is 23.9 Å². The quantitative estimate of drug-likeness (QED) is 0.209. The van der Waals surface area contributed by atoms with Gasteiger partial charge in [-0.25, -0.2) is 18.4 Å². The van der Waals surface area contributed by atoms with Crippen molar-refractivity contribution in [2.45, 2.75) is 46.0 Å². The van der Waals surface area contributed by atoms with Crippen LogP contribution in [0.15, 0.2) is 46.6 Å². The van der Waals surface area contributed by atoms with E-state index in [1.165, 1.54) is 55.4 Å². The van der Waals surface area contributed by atoms with Gasteiger partial charge in [0.1, 0.15) is 36.5 Å². The molecule has 22 heteroatoms. The van der Waals surface area contributed by atoms with Gasteiger partial charge in [-0.15, -0.1) is 0 Å². The first-order valence-corrected chi connectivity index (χ1v) is 18.0. The Hall–Kier alpha value is -5.39. The van der Waals surface area contributed by atoms with Crippen molar-refractivity contribution in [1.82, 2.24) is 20.7 Å². The molecule has 6 rings (SSSR count). The van der Waals surface area contributed by atoms with E-state index < -0.39 is 42.1 Å². The molecule has 0 spiro atoms. The second-order valence-electron chi connectivity index (χ2n) is 13.6. The average Bonchev–Trinajstić information content (AvgIpc) is 3.71. The van der Waals surface area contributed by atoms with E-state index in [2.05, 4.69) is 20.8 Å². The van der Waals surface area contributed by atoms with E-state index in [1.807, 2.05) is 0 Å². The van der Waals surface area contributed by atoms with Crippen molar-refractivity contribution < 1.29 is 67.6 Å². The zero-order chi connectivity index (χ0) is 40.5. The van der Waals surface area contributed by atoms with Gasteiger partial charge in [0, 0.05) is 35.4 Å². The van der Waals surface area contributed by atoms with Crippen LogP contribution >= 0.6 is 0 Å². The summed E-state index contributed by atoms with van der Waals surface area (Å²) in [5.41, 5.74) is 1.45. The predicted molar refractivity (Wildman–Crippen MR) is 209 cm³/mol. The number of carbonyl (C=O) groups excluding carboxylic acids is 5. The number of anilines is 4. The molecule has 4 heterocycles. The Morgan fingerprint density at radius 1 is 0.793 bits per heavy atom. The Labute approximate surface area is 350 Å². The van der Waals surface area contributed by atoms with Gasteiger partial charge in [-0.3, -0.25) is 34.2 Å². The molecular weight excluding hydrogens is 756 g/mol. The molecule has 3 N–H and O–H groups in total. The van der Waals surface area contributed by atoms with Gasteiger partial charge in [-0.05, 0) is 50.2 Å². The van der Waals surface area contributed by atoms with E-state index in [0.29, 0.717) is 55.5 Å². The molecule has 2 saturated heterocycles. The van der Waals surface area contributed by atoms with E-state index in [1.54, 1.807) is 51.0 Å². The van der Waals surface area contributed by atoms with Crippen LogP contribution in [0.2, 0.25) is 0 Å². The normalized spacial score (nSPS) is 19.0. The van der Waals surface area contributed by atoms with Crippen LogP contribution in [0.3, 0.4) is 0 Å². The second-order valence-corrected chi connectivity index (χ2v) is 13.6. The maximum atomic E-state index is 14.7. The number of halogens is 2. The number of hydrogen-bond donors (Lipinski definition) is 3. The Kier molecular flexibility index (Phi) is 17.3. The molecule has 3 radical (unpaired) electrons. The van der Waals surface area contributed by atoms with Crippen molar-refractivity contribution in [3.8, 4) is 0 Å². The number of benzene rings is 2. The topological polar surface area (TPSA) is 192 Å². The van der Waals surface area contributed by atoms with Crippen molar-refractivity contribution in [3.05, 3.63) is 48.0 Å². The smallest absolute Gasteiger partial charge is 1.00 e. The number of hydrogen-bond acceptors (Lipinski definition) is 14. The summed E-state index contributed by atoms with van der Waals surface area (Å²) >= 11 is 0. The molecule has 307 valence electrons. The summed E-state index contributed by atoms with van der Waals surface area (Å²) in [6.07, 6.45) is 0.399. The zero-order valence-corrected chi connectivity index (χ0v) is 33.1. The van der Waals surface area contributed by atoms with E-state index in [4.69, 9.17) is 9.47 Å². The summed E-state index contributed by atoms with van der Waals surface area (Å²) in [7, 11) is 0. The number of aliphatic hydroxyl groups excluding tert-OH is 1. The summed E-state index contributed by atoms with van der Waals surface area (Å²) in [6, 6.07) is 9.01. The Morgan fingerprint density at radius 2 is 1.22 bits per heavy atom. The molecule has 4 aliphatic rings. The molecule has 4 amide bonds. The number of carbonyl (C=O) groups is 5. The van der Waals surface area contributed by atoms with Crippen LogP contribution in [0.1, 0.15) is 29.1 Å². The van der Waals surface area contributed by atoms with Gasteiger partial charge in [-0.1, -0.05) is 0 Å². The van der Waals surface area contributed by atoms with Crippen molar-refractivity contribution in [2.75, 3.05) is 85.0 Å². The molecule has 2 aromatic carbocycles. The number of ether oxygens (including phenoxy) is 2. The summed E-state index contributed by atoms with van der Waals surface area (Å²) in [5.74, 6) is -1.39. The molecule has 2 aromatic rings. The second kappa shape index (κ2) is 21.4. The number of ketones is 1. The van der Waals surface area contributed by atoms with Crippen LogP contribution in [0.25, 0.3) is 0 Å². The molecule has 18 nitrogen and oxygen atoms in total. The van der Waals surface area contributed by atoms with E-state index >= 15 is 0 Å². The average molecular weight is 804 g/mol. The minimum Gasteiger partial charge on any atom is -1.00 e. The minimum atomic E-state index is -0.582. The number of nitrogens with one attached hydrogen (secondary N) is 2. The van der Waals surface area contributed by atoms with Gasteiger partial charge in [-0.2, -0.15) is 10.2 Å². The van der Waals surface area contributed by atoms with Gasteiger partial charge in [0.2, 0.25) is 11.8 Å². The van der Waals surface area contributed by atoms with E-state index in [-0.39, 0.29) is 79.0 Å². The van der Waals surface area contributed by atoms with Crippen LogP contribution in [0.5, 0.6) is 0 Å². The van der Waals surface area contributed by atoms with Crippen molar-refractivity contribution in [3.63, 3.8) is 0 Å². The SMILES string of the molecule is CC(=O)CN1CCN(c2ccc(N3C[C@H](CNC(C)=O)OC3=O)cc2F)C=N1.CC(=O)NC[C@H]1CN(c2ccc(N3C=NN(CC(C)O)CC3)c(F)c2)C(=O)O1.[B].[H-].[Li+]. The number of hydrazone groups is 2. The Bertz CT molecular complexity index is 1870. The fourth-order valence-corrected chi connectivity index (χ4v) is 6.12. The van der Waals surface area contributed by atoms with Crippen molar-refractivity contribution >= 4 is 73.6 Å². The van der Waals surface area contributed by atoms with Crippen LogP contribution < -0.4 is 49.1 Å². The first-order chi connectivity index (χ1) is 26.7. The summed E-state index contributed by atoms with van der Waals surface area (Å²) < 4.78 is 39.7. The fraction of sp³-hybridized carbons (Fsp3) is 0.472. The molecular formula is C36H47BF2LiN10O8. The predicted octanol–water partition coefficient (Wildman–Crippen LogP) is -1.59. The summed E-state index contributed by atoms with van der Waals surface area (Å²) in [6.45, 7) is 9.54. The maximum absolute atomic E-state index is 14.7. The third-order valence-corrected chi connectivity index (χ3v) is 8.80. The van der Waals surface area contributed by atoms with Crippen LogP contribution in [-0.4, -0.2) is 150 Å². The summed E-state index contributed by atoms with van der Waals surface area (Å²) in [4.78, 5) is 63.3. The van der Waals surface area contributed by atoms with E-state index in [0.717, 1.165) is 0 Å². The molecule has 58 heavy (non-hydrogen) atoms. The molecule has 0 aliphatic carbocycles. The molecule has 4 aliphatic heterocycles. The molecule has 1 unspecified atom stereocenters. The Balaban J connectivity index is 0.000000387. The third kappa shape index (κ3) is 12.8. The number of β-amino-alcohol motifs (C(OH)–C–C–N with tert-alkyl or cyclic N) is 1. The van der Waals surface area contributed by atoms with Crippen LogP contribution in [0.4, 0.5) is 41.1 Å².